The molecule has 1 heterocycles. The highest BCUT2D eigenvalue weighted by molar-refractivity contribution is 9.10. The zero-order chi connectivity index (χ0) is 10.8. The third-order valence-corrected chi connectivity index (χ3v) is 2.79. The highest BCUT2D eigenvalue weighted by Gasteiger charge is 2.21. The number of carbonyl (C=O) groups excluding carboxylic acids is 1. The van der Waals surface area contributed by atoms with E-state index in [-0.39, 0.29) is 5.97 Å². The lowest BCUT2D eigenvalue weighted by Crippen LogP contribution is -2.21. The van der Waals surface area contributed by atoms with Gasteiger partial charge in [-0.3, -0.25) is 0 Å². The summed E-state index contributed by atoms with van der Waals surface area (Å²) in [5, 5.41) is 3.13. The Kier molecular flexibility index (Phi) is 2.81. The first-order valence-corrected chi connectivity index (χ1v) is 5.31. The molecule has 80 valence electrons. The van der Waals surface area contributed by atoms with E-state index < -0.39 is 0 Å². The second-order valence-corrected chi connectivity index (χ2v) is 3.92. The average molecular weight is 272 g/mol. The number of rotatable bonds is 1. The van der Waals surface area contributed by atoms with Crippen molar-refractivity contribution in [2.75, 3.05) is 25.6 Å². The van der Waals surface area contributed by atoms with Crippen LogP contribution in [0.2, 0.25) is 0 Å². The predicted octanol–water partition coefficient (Wildman–Crippen LogP) is 2.04. The molecule has 1 aromatic carbocycles. The molecule has 0 bridgehead atoms. The van der Waals surface area contributed by atoms with E-state index in [0.29, 0.717) is 30.2 Å². The summed E-state index contributed by atoms with van der Waals surface area (Å²) in [6.07, 6.45) is 0. The van der Waals surface area contributed by atoms with Gasteiger partial charge in [0.05, 0.1) is 22.8 Å². The Balaban J connectivity index is 2.52. The number of nitrogens with one attached hydrogen (secondary N) is 1. The number of hydrogen-bond donors (Lipinski definition) is 1. The fourth-order valence-electron chi connectivity index (χ4n) is 1.48. The molecule has 1 N–H and O–H groups in total. The van der Waals surface area contributed by atoms with Crippen LogP contribution < -0.4 is 10.1 Å². The molecule has 1 aromatic rings. The fraction of sp³-hybridized carbons (Fsp3) is 0.300. The van der Waals surface area contributed by atoms with Crippen molar-refractivity contribution in [2.24, 2.45) is 0 Å². The standard InChI is InChI=1S/C10H10BrNO3/c1-14-10(13)6-2-3-7(11)9-8(6)12-4-5-15-9/h2-3,12H,4-5H2,1H3. The summed E-state index contributed by atoms with van der Waals surface area (Å²) in [6, 6.07) is 3.48. The summed E-state index contributed by atoms with van der Waals surface area (Å²) in [5.74, 6) is 0.306. The van der Waals surface area contributed by atoms with Crippen molar-refractivity contribution in [2.45, 2.75) is 0 Å². The number of hydrogen-bond acceptors (Lipinski definition) is 4. The quantitative estimate of drug-likeness (QED) is 0.795. The van der Waals surface area contributed by atoms with Crippen molar-refractivity contribution in [1.82, 2.24) is 0 Å². The monoisotopic (exact) mass is 271 g/mol. The largest absolute Gasteiger partial charge is 0.488 e. The molecule has 0 fully saturated rings. The van der Waals surface area contributed by atoms with Crippen LogP contribution in [0.25, 0.3) is 0 Å². The van der Waals surface area contributed by atoms with Gasteiger partial charge in [0.25, 0.3) is 0 Å². The van der Waals surface area contributed by atoms with Crippen molar-refractivity contribution in [3.05, 3.63) is 22.2 Å². The van der Waals surface area contributed by atoms with Crippen LogP contribution in [0.1, 0.15) is 10.4 Å². The Morgan fingerprint density at radius 2 is 2.40 bits per heavy atom. The van der Waals surface area contributed by atoms with Crippen molar-refractivity contribution in [3.8, 4) is 5.75 Å². The lowest BCUT2D eigenvalue weighted by molar-refractivity contribution is 0.0601. The molecule has 15 heavy (non-hydrogen) atoms. The smallest absolute Gasteiger partial charge is 0.340 e. The molecule has 4 nitrogen and oxygen atoms in total. The van der Waals surface area contributed by atoms with Crippen LogP contribution in [0, 0.1) is 0 Å². The molecule has 5 heteroatoms. The number of anilines is 1. The minimum atomic E-state index is -0.364. The highest BCUT2D eigenvalue weighted by atomic mass is 79.9. The van der Waals surface area contributed by atoms with Crippen molar-refractivity contribution in [1.29, 1.82) is 0 Å². The summed E-state index contributed by atoms with van der Waals surface area (Å²) >= 11 is 3.37. The first-order chi connectivity index (χ1) is 7.24. The number of fused-ring (bicyclic) bond motifs is 1. The molecule has 0 aromatic heterocycles. The number of ether oxygens (including phenoxy) is 2. The summed E-state index contributed by atoms with van der Waals surface area (Å²) in [5.41, 5.74) is 1.19. The van der Waals surface area contributed by atoms with Gasteiger partial charge in [0.1, 0.15) is 6.61 Å². The van der Waals surface area contributed by atoms with E-state index in [1.807, 2.05) is 0 Å². The van der Waals surface area contributed by atoms with Gasteiger partial charge >= 0.3 is 5.97 Å². The second-order valence-electron chi connectivity index (χ2n) is 3.07. The van der Waals surface area contributed by atoms with Crippen LogP contribution in [-0.2, 0) is 4.74 Å². The number of carbonyl (C=O) groups is 1. The van der Waals surface area contributed by atoms with Crippen molar-refractivity contribution < 1.29 is 14.3 Å². The molecule has 0 aliphatic carbocycles. The maximum Gasteiger partial charge on any atom is 0.340 e. The second kappa shape index (κ2) is 4.10. The molecule has 1 aliphatic rings. The third-order valence-electron chi connectivity index (χ3n) is 2.17. The van der Waals surface area contributed by atoms with Gasteiger partial charge in [-0.25, -0.2) is 4.79 Å². The molecular formula is C10H10BrNO3. The van der Waals surface area contributed by atoms with Crippen LogP contribution in [0.4, 0.5) is 5.69 Å². The van der Waals surface area contributed by atoms with Crippen LogP contribution in [0.5, 0.6) is 5.75 Å². The van der Waals surface area contributed by atoms with Gasteiger partial charge in [0.2, 0.25) is 0 Å². The van der Waals surface area contributed by atoms with Gasteiger partial charge in [-0.05, 0) is 28.1 Å². The van der Waals surface area contributed by atoms with Gasteiger partial charge in [-0.15, -0.1) is 0 Å². The predicted molar refractivity (Wildman–Crippen MR) is 59.5 cm³/mol. The van der Waals surface area contributed by atoms with E-state index >= 15 is 0 Å². The fourth-order valence-corrected chi connectivity index (χ4v) is 1.93. The Hall–Kier alpha value is -1.23. The van der Waals surface area contributed by atoms with Gasteiger partial charge in [-0.1, -0.05) is 0 Å². The minimum Gasteiger partial charge on any atom is -0.488 e. The number of methoxy groups -OCH3 is 1. The highest BCUT2D eigenvalue weighted by Crippen LogP contribution is 2.38. The SMILES string of the molecule is COC(=O)c1ccc(Br)c2c1NCCO2. The summed E-state index contributed by atoms with van der Waals surface area (Å²) in [4.78, 5) is 11.5. The molecule has 2 rings (SSSR count). The van der Waals surface area contributed by atoms with Crippen LogP contribution in [0.15, 0.2) is 16.6 Å². The lowest BCUT2D eigenvalue weighted by Gasteiger charge is -2.22. The van der Waals surface area contributed by atoms with Crippen molar-refractivity contribution in [3.63, 3.8) is 0 Å². The van der Waals surface area contributed by atoms with Crippen molar-refractivity contribution >= 4 is 27.6 Å². The van der Waals surface area contributed by atoms with E-state index in [0.717, 1.165) is 4.47 Å². The lowest BCUT2D eigenvalue weighted by atomic mass is 10.1. The zero-order valence-corrected chi connectivity index (χ0v) is 9.76. The normalized spacial score (nSPS) is 13.5. The first kappa shape index (κ1) is 10.3. The zero-order valence-electron chi connectivity index (χ0n) is 8.17. The molecule has 0 saturated carbocycles. The van der Waals surface area contributed by atoms with E-state index in [2.05, 4.69) is 21.2 Å². The Bertz CT molecular complexity index is 406. The molecule has 0 spiro atoms. The average Bonchev–Trinajstić information content (AvgIpc) is 2.29. The number of esters is 1. The maximum atomic E-state index is 11.5. The molecule has 0 atom stereocenters. The van der Waals surface area contributed by atoms with E-state index in [4.69, 9.17) is 9.47 Å². The Morgan fingerprint density at radius 1 is 1.60 bits per heavy atom. The van der Waals surface area contributed by atoms with E-state index in [1.54, 1.807) is 12.1 Å². The summed E-state index contributed by atoms with van der Waals surface area (Å²) < 4.78 is 11.0. The van der Waals surface area contributed by atoms with Crippen LogP contribution in [-0.4, -0.2) is 26.2 Å². The topological polar surface area (TPSA) is 47.6 Å². The first-order valence-electron chi connectivity index (χ1n) is 4.51. The van der Waals surface area contributed by atoms with Gasteiger partial charge in [-0.2, -0.15) is 0 Å². The molecule has 0 unspecified atom stereocenters. The van der Waals surface area contributed by atoms with Gasteiger partial charge in [0, 0.05) is 6.54 Å². The van der Waals surface area contributed by atoms with Crippen LogP contribution in [0.3, 0.4) is 0 Å². The van der Waals surface area contributed by atoms with E-state index in [1.165, 1.54) is 7.11 Å². The number of benzene rings is 1. The minimum absolute atomic E-state index is 0.364. The summed E-state index contributed by atoms with van der Waals surface area (Å²) in [7, 11) is 1.36. The Morgan fingerprint density at radius 3 is 3.13 bits per heavy atom. The molecule has 0 radical (unpaired) electrons. The molecule has 1 aliphatic heterocycles. The molecule has 0 saturated heterocycles. The summed E-state index contributed by atoms with van der Waals surface area (Å²) in [6.45, 7) is 1.28. The molecule has 0 amide bonds. The van der Waals surface area contributed by atoms with E-state index in [9.17, 15) is 4.79 Å². The molecular weight excluding hydrogens is 262 g/mol. The third kappa shape index (κ3) is 1.79. The Labute approximate surface area is 95.7 Å². The maximum absolute atomic E-state index is 11.5. The van der Waals surface area contributed by atoms with Crippen LogP contribution >= 0.6 is 15.9 Å². The van der Waals surface area contributed by atoms with Gasteiger partial charge in [0.15, 0.2) is 5.75 Å². The van der Waals surface area contributed by atoms with Gasteiger partial charge < -0.3 is 14.8 Å². The number of halogens is 1.